The number of hydrogen-bond donors (Lipinski definition) is 1. The molecule has 2 amide bonds. The molecule has 10 heteroatoms. The summed E-state index contributed by atoms with van der Waals surface area (Å²) in [6, 6.07) is 13.2. The Morgan fingerprint density at radius 1 is 1.20 bits per heavy atom. The van der Waals surface area contributed by atoms with E-state index in [0.717, 1.165) is 4.90 Å². The Bertz CT molecular complexity index is 1000. The van der Waals surface area contributed by atoms with E-state index in [0.29, 0.717) is 34.5 Å². The summed E-state index contributed by atoms with van der Waals surface area (Å²) in [5.41, 5.74) is 1.07. The van der Waals surface area contributed by atoms with E-state index in [9.17, 15) is 23.2 Å². The van der Waals surface area contributed by atoms with Crippen LogP contribution in [0, 0.1) is 0 Å². The van der Waals surface area contributed by atoms with E-state index in [1.807, 2.05) is 12.1 Å². The van der Waals surface area contributed by atoms with Crippen molar-refractivity contribution in [3.8, 4) is 0 Å². The van der Waals surface area contributed by atoms with Crippen molar-refractivity contribution in [2.45, 2.75) is 33.3 Å². The Kier molecular flexibility index (Phi) is 5.70. The number of esters is 1. The van der Waals surface area contributed by atoms with Gasteiger partial charge in [0.1, 0.15) is 0 Å². The van der Waals surface area contributed by atoms with Crippen molar-refractivity contribution in [1.82, 2.24) is 0 Å². The number of benzene rings is 2. The Balaban J connectivity index is 1.38. The van der Waals surface area contributed by atoms with E-state index in [-0.39, 0.29) is 12.3 Å². The molecule has 2 aromatic carbocycles. The minimum atomic E-state index is -2.52. The lowest BCUT2D eigenvalue weighted by molar-refractivity contribution is -0.149. The molecule has 2 aliphatic heterocycles. The van der Waals surface area contributed by atoms with Gasteiger partial charge in [0.05, 0.1) is 5.69 Å². The number of hydrogen-bond acceptors (Lipinski definition) is 6. The third-order valence-electron chi connectivity index (χ3n) is 4.69. The first kappa shape index (κ1) is 20.7. The Morgan fingerprint density at radius 3 is 2.67 bits per heavy atom. The topological polar surface area (TPSA) is 75.7 Å². The van der Waals surface area contributed by atoms with Gasteiger partial charge in [0.15, 0.2) is 11.5 Å². The van der Waals surface area contributed by atoms with Gasteiger partial charge in [0.2, 0.25) is 5.91 Å². The van der Waals surface area contributed by atoms with Gasteiger partial charge in [-0.2, -0.15) is 8.78 Å². The van der Waals surface area contributed by atoms with Crippen molar-refractivity contribution in [3.63, 3.8) is 0 Å². The number of anilines is 2. The van der Waals surface area contributed by atoms with Crippen molar-refractivity contribution < 1.29 is 27.9 Å². The molecule has 6 nitrogen and oxygen atoms in total. The predicted octanol–water partition coefficient (Wildman–Crippen LogP) is 4.11. The van der Waals surface area contributed by atoms with Gasteiger partial charge in [-0.1, -0.05) is 35.7 Å². The van der Waals surface area contributed by atoms with E-state index >= 15 is 0 Å². The number of rotatable bonds is 6. The lowest BCUT2D eigenvalue weighted by Gasteiger charge is -2.28. The minimum absolute atomic E-state index is 0.157. The van der Waals surface area contributed by atoms with Crippen LogP contribution in [0.1, 0.15) is 12.8 Å². The number of amides is 2. The van der Waals surface area contributed by atoms with Gasteiger partial charge in [0, 0.05) is 28.3 Å². The molecule has 0 saturated carbocycles. The maximum Gasteiger partial charge on any atom is 0.344 e. The molecule has 1 atom stereocenters. The van der Waals surface area contributed by atoms with Gasteiger partial charge in [0.25, 0.3) is 11.7 Å². The fourth-order valence-electron chi connectivity index (χ4n) is 3.43. The van der Waals surface area contributed by atoms with Crippen LogP contribution < -0.4 is 10.2 Å². The number of para-hydroxylation sites is 1. The van der Waals surface area contributed by atoms with Gasteiger partial charge in [-0.15, -0.1) is 0 Å². The highest BCUT2D eigenvalue weighted by molar-refractivity contribution is 8.02. The predicted molar refractivity (Wildman–Crippen MR) is 110 cm³/mol. The molecule has 0 aliphatic carbocycles. The van der Waals surface area contributed by atoms with Gasteiger partial charge in [-0.05, 0) is 36.4 Å². The molecular weight excluding hydrogens is 434 g/mol. The van der Waals surface area contributed by atoms with E-state index in [1.165, 1.54) is 40.9 Å². The van der Waals surface area contributed by atoms with Gasteiger partial charge < -0.3 is 10.1 Å². The molecule has 0 spiro atoms. The molecule has 2 aliphatic rings. The fraction of sp³-hybridized carbons (Fsp3) is 0.250. The lowest BCUT2D eigenvalue weighted by Crippen LogP contribution is -2.48. The summed E-state index contributed by atoms with van der Waals surface area (Å²) in [4.78, 5) is 38.9. The summed E-state index contributed by atoms with van der Waals surface area (Å²) >= 11 is 1.67. The van der Waals surface area contributed by atoms with Crippen LogP contribution in [0.25, 0.3) is 0 Å². The normalized spacial score (nSPS) is 19.6. The van der Waals surface area contributed by atoms with Crippen LogP contribution in [0.2, 0.25) is 0 Å². The smallest absolute Gasteiger partial charge is 0.344 e. The molecule has 1 fully saturated rings. The van der Waals surface area contributed by atoms with Gasteiger partial charge in [-0.3, -0.25) is 14.5 Å². The van der Waals surface area contributed by atoms with Crippen LogP contribution >= 0.6 is 23.5 Å². The van der Waals surface area contributed by atoms with Gasteiger partial charge >= 0.3 is 5.97 Å². The maximum atomic E-state index is 12.9. The molecule has 4 rings (SSSR count). The average Bonchev–Trinajstić information content (AvgIpc) is 3.23. The summed E-state index contributed by atoms with van der Waals surface area (Å²) in [6.07, 6.45) is 0.528. The molecule has 0 bridgehead atoms. The zero-order chi connectivity index (χ0) is 21.3. The molecule has 0 radical (unpaired) electrons. The lowest BCUT2D eigenvalue weighted by atomic mass is 10.2. The molecule has 2 aromatic rings. The van der Waals surface area contributed by atoms with E-state index in [1.54, 1.807) is 12.1 Å². The number of halogens is 2. The summed E-state index contributed by atoms with van der Waals surface area (Å²) in [5, 5.41) is 2.55. The van der Waals surface area contributed by atoms with E-state index in [2.05, 4.69) is 5.32 Å². The van der Waals surface area contributed by atoms with Crippen molar-refractivity contribution in [2.24, 2.45) is 0 Å². The molecule has 1 N–H and O–H groups in total. The molecule has 0 aromatic heterocycles. The molecule has 156 valence electrons. The number of carbonyl (C=O) groups excluding carboxylic acids is 3. The van der Waals surface area contributed by atoms with Crippen LogP contribution in [0.15, 0.2) is 58.3 Å². The number of thioether (sulfide) groups is 2. The average molecular weight is 450 g/mol. The number of nitrogens with zero attached hydrogens (tertiary/aromatic N) is 1. The minimum Gasteiger partial charge on any atom is -0.453 e. The van der Waals surface area contributed by atoms with Crippen LogP contribution in [0.4, 0.5) is 20.2 Å². The highest BCUT2D eigenvalue weighted by atomic mass is 32.2. The number of ether oxygens (including phenoxy) is 1. The third kappa shape index (κ3) is 3.89. The number of carbonyl (C=O) groups is 3. The Hall–Kier alpha value is -2.59. The zero-order valence-electron chi connectivity index (χ0n) is 15.5. The van der Waals surface area contributed by atoms with Crippen molar-refractivity contribution in [1.29, 1.82) is 0 Å². The molecular formula is C20H16F2N2O4S2. The molecule has 30 heavy (non-hydrogen) atoms. The summed E-state index contributed by atoms with van der Waals surface area (Å²) in [5.74, 6) is -3.89. The Labute approximate surface area is 179 Å². The number of alkyl halides is 2. The summed E-state index contributed by atoms with van der Waals surface area (Å²) < 4.78 is 30.0. The highest BCUT2D eigenvalue weighted by Gasteiger charge is 2.58. The third-order valence-corrected chi connectivity index (χ3v) is 6.87. The molecule has 1 unspecified atom stereocenters. The summed E-state index contributed by atoms with van der Waals surface area (Å²) in [7, 11) is 0. The van der Waals surface area contributed by atoms with Crippen LogP contribution in [0.5, 0.6) is 0 Å². The monoisotopic (exact) mass is 450 g/mol. The first-order valence-electron chi connectivity index (χ1n) is 9.02. The number of nitrogens with one attached hydrogen (secondary N) is 1. The Morgan fingerprint density at radius 2 is 1.93 bits per heavy atom. The van der Waals surface area contributed by atoms with Crippen molar-refractivity contribution >= 4 is 52.7 Å². The van der Waals surface area contributed by atoms with E-state index in [4.69, 9.17) is 4.74 Å². The van der Waals surface area contributed by atoms with Crippen molar-refractivity contribution in [2.75, 3.05) is 16.8 Å². The maximum absolute atomic E-state index is 12.9. The zero-order valence-corrected chi connectivity index (χ0v) is 17.1. The first-order chi connectivity index (χ1) is 14.4. The standard InChI is InChI=1S/C20H16F2N2O4S2/c21-19(22)29-13-7-5-12(6-8-13)23-16(25)11-28-18(27)20-10-9-17(26)24(20)14-3-1-2-4-15(14)30-20/h1-8,19H,9-11H2,(H,23,25). The van der Waals surface area contributed by atoms with Crippen LogP contribution in [-0.2, 0) is 19.1 Å². The first-order valence-corrected chi connectivity index (χ1v) is 10.7. The second kappa shape index (κ2) is 8.27. The van der Waals surface area contributed by atoms with Crippen molar-refractivity contribution in [3.05, 3.63) is 48.5 Å². The molecule has 2 heterocycles. The van der Waals surface area contributed by atoms with Crippen LogP contribution in [-0.4, -0.2) is 35.0 Å². The second-order valence-electron chi connectivity index (χ2n) is 6.61. The molecule has 1 saturated heterocycles. The number of fused-ring (bicyclic) bond motifs is 3. The SMILES string of the molecule is O=C(COC(=O)C12CCC(=O)N1c1ccccc1S2)Nc1ccc(SC(F)F)cc1. The van der Waals surface area contributed by atoms with E-state index < -0.39 is 29.1 Å². The second-order valence-corrected chi connectivity index (χ2v) is 8.99. The quantitative estimate of drug-likeness (QED) is 0.527. The van der Waals surface area contributed by atoms with Crippen LogP contribution in [0.3, 0.4) is 0 Å². The highest BCUT2D eigenvalue weighted by Crippen LogP contribution is 2.56. The summed E-state index contributed by atoms with van der Waals surface area (Å²) in [6.45, 7) is -0.521. The van der Waals surface area contributed by atoms with Gasteiger partial charge in [-0.25, -0.2) is 4.79 Å². The largest absolute Gasteiger partial charge is 0.453 e. The fourth-order valence-corrected chi connectivity index (χ4v) is 5.34.